The summed E-state index contributed by atoms with van der Waals surface area (Å²) in [6.45, 7) is 6.02. The molecule has 0 bridgehead atoms. The normalized spacial score (nSPS) is 12.0. The van der Waals surface area contributed by atoms with Gasteiger partial charge >= 0.3 is 0 Å². The highest BCUT2D eigenvalue weighted by Gasteiger charge is 2.16. The van der Waals surface area contributed by atoms with Crippen molar-refractivity contribution in [3.63, 3.8) is 0 Å². The van der Waals surface area contributed by atoms with Crippen molar-refractivity contribution in [1.82, 2.24) is 4.98 Å². The van der Waals surface area contributed by atoms with Gasteiger partial charge in [0, 0.05) is 11.1 Å². The number of thioether (sulfide) groups is 1. The lowest BCUT2D eigenvalue weighted by Crippen LogP contribution is -2.22. The summed E-state index contributed by atoms with van der Waals surface area (Å²) >= 11 is 7.46. The van der Waals surface area contributed by atoms with Crippen LogP contribution in [0.3, 0.4) is 0 Å². The number of carbonyl (C=O) groups excluding carboxylic acids is 1. The molecule has 3 nitrogen and oxygen atoms in total. The number of hydrogen-bond acceptors (Lipinski definition) is 3. The van der Waals surface area contributed by atoms with Gasteiger partial charge in [-0.3, -0.25) is 4.79 Å². The highest BCUT2D eigenvalue weighted by Crippen LogP contribution is 2.27. The van der Waals surface area contributed by atoms with Crippen LogP contribution in [0.25, 0.3) is 0 Å². The van der Waals surface area contributed by atoms with Crippen LogP contribution in [0.15, 0.2) is 41.4 Å². The average Bonchev–Trinajstić information content (AvgIpc) is 2.45. The summed E-state index contributed by atoms with van der Waals surface area (Å²) < 4.78 is 0. The molecule has 0 saturated heterocycles. The predicted molar refractivity (Wildman–Crippen MR) is 89.1 cm³/mol. The van der Waals surface area contributed by atoms with Gasteiger partial charge in [-0.2, -0.15) is 0 Å². The SMILES string of the molecule is Cc1ccc(S[C@@H](C)C(=O)Nc2cccnc2Cl)cc1C. The van der Waals surface area contributed by atoms with E-state index in [4.69, 9.17) is 11.6 Å². The second kappa shape index (κ2) is 6.96. The number of hydrogen-bond donors (Lipinski definition) is 1. The second-order valence-electron chi connectivity index (χ2n) is 4.84. The number of pyridine rings is 1. The first-order valence-corrected chi connectivity index (χ1v) is 7.88. The van der Waals surface area contributed by atoms with E-state index in [1.54, 1.807) is 18.3 Å². The number of anilines is 1. The van der Waals surface area contributed by atoms with Gasteiger partial charge in [0.15, 0.2) is 5.15 Å². The maximum atomic E-state index is 12.2. The molecule has 1 N–H and O–H groups in total. The molecular weight excluding hydrogens is 304 g/mol. The number of halogens is 1. The quantitative estimate of drug-likeness (QED) is 0.667. The zero-order chi connectivity index (χ0) is 15.4. The van der Waals surface area contributed by atoms with Crippen LogP contribution < -0.4 is 5.32 Å². The van der Waals surface area contributed by atoms with Crippen molar-refractivity contribution in [2.24, 2.45) is 0 Å². The van der Waals surface area contributed by atoms with Gasteiger partial charge in [0.25, 0.3) is 0 Å². The fourth-order valence-electron chi connectivity index (χ4n) is 1.76. The Morgan fingerprint density at radius 3 is 2.71 bits per heavy atom. The molecule has 0 aliphatic rings. The Morgan fingerprint density at radius 2 is 2.05 bits per heavy atom. The van der Waals surface area contributed by atoms with Gasteiger partial charge in [-0.25, -0.2) is 4.98 Å². The third kappa shape index (κ3) is 4.22. The predicted octanol–water partition coefficient (Wildman–Crippen LogP) is 4.47. The topological polar surface area (TPSA) is 42.0 Å². The molecule has 0 saturated carbocycles. The van der Waals surface area contributed by atoms with E-state index in [0.717, 1.165) is 4.90 Å². The number of aryl methyl sites for hydroxylation is 2. The Bertz CT molecular complexity index is 660. The first-order chi connectivity index (χ1) is 9.97. The minimum Gasteiger partial charge on any atom is -0.322 e. The molecule has 21 heavy (non-hydrogen) atoms. The Kier molecular flexibility index (Phi) is 5.26. The number of carbonyl (C=O) groups is 1. The van der Waals surface area contributed by atoms with Crippen molar-refractivity contribution >= 4 is 35.0 Å². The van der Waals surface area contributed by atoms with E-state index < -0.39 is 0 Å². The lowest BCUT2D eigenvalue weighted by Gasteiger charge is -2.13. The van der Waals surface area contributed by atoms with Gasteiger partial charge in [-0.1, -0.05) is 17.7 Å². The summed E-state index contributed by atoms with van der Waals surface area (Å²) in [5.41, 5.74) is 3.01. The van der Waals surface area contributed by atoms with E-state index in [-0.39, 0.29) is 11.2 Å². The third-order valence-electron chi connectivity index (χ3n) is 3.18. The molecule has 1 amide bonds. The zero-order valence-electron chi connectivity index (χ0n) is 12.2. The highest BCUT2D eigenvalue weighted by molar-refractivity contribution is 8.00. The standard InChI is InChI=1S/C16H17ClN2OS/c1-10-6-7-13(9-11(10)2)21-12(3)16(20)19-14-5-4-8-18-15(14)17/h4-9,12H,1-3H3,(H,19,20)/t12-/m0/s1. The monoisotopic (exact) mass is 320 g/mol. The number of benzene rings is 1. The second-order valence-corrected chi connectivity index (χ2v) is 6.61. The highest BCUT2D eigenvalue weighted by atomic mass is 35.5. The molecule has 0 unspecified atom stereocenters. The Hall–Kier alpha value is -1.52. The molecule has 1 heterocycles. The largest absolute Gasteiger partial charge is 0.322 e. The van der Waals surface area contributed by atoms with Crippen LogP contribution in [0.4, 0.5) is 5.69 Å². The smallest absolute Gasteiger partial charge is 0.237 e. The van der Waals surface area contributed by atoms with Gasteiger partial charge in [0.05, 0.1) is 10.9 Å². The van der Waals surface area contributed by atoms with Crippen LogP contribution in [0.5, 0.6) is 0 Å². The molecule has 1 aromatic heterocycles. The molecule has 0 aliphatic heterocycles. The molecule has 1 aromatic carbocycles. The first-order valence-electron chi connectivity index (χ1n) is 6.62. The van der Waals surface area contributed by atoms with E-state index in [0.29, 0.717) is 10.8 Å². The lowest BCUT2D eigenvalue weighted by molar-refractivity contribution is -0.115. The maximum absolute atomic E-state index is 12.2. The van der Waals surface area contributed by atoms with Crippen LogP contribution in [-0.2, 0) is 4.79 Å². The number of amides is 1. The van der Waals surface area contributed by atoms with Crippen molar-refractivity contribution in [2.45, 2.75) is 30.9 Å². The molecule has 0 spiro atoms. The summed E-state index contributed by atoms with van der Waals surface area (Å²) in [7, 11) is 0. The molecule has 0 radical (unpaired) electrons. The van der Waals surface area contributed by atoms with E-state index >= 15 is 0 Å². The van der Waals surface area contributed by atoms with Gasteiger partial charge in [-0.05, 0) is 56.2 Å². The van der Waals surface area contributed by atoms with Crippen LogP contribution in [0.2, 0.25) is 5.15 Å². The van der Waals surface area contributed by atoms with Gasteiger partial charge in [0.2, 0.25) is 5.91 Å². The van der Waals surface area contributed by atoms with Crippen molar-refractivity contribution < 1.29 is 4.79 Å². The van der Waals surface area contributed by atoms with Crippen molar-refractivity contribution in [3.8, 4) is 0 Å². The maximum Gasteiger partial charge on any atom is 0.237 e. The van der Waals surface area contributed by atoms with E-state index in [9.17, 15) is 4.79 Å². The number of nitrogens with one attached hydrogen (secondary N) is 1. The molecule has 110 valence electrons. The van der Waals surface area contributed by atoms with Gasteiger partial charge < -0.3 is 5.32 Å². The van der Waals surface area contributed by atoms with Gasteiger partial charge in [-0.15, -0.1) is 11.8 Å². The third-order valence-corrected chi connectivity index (χ3v) is 4.57. The molecule has 1 atom stereocenters. The van der Waals surface area contributed by atoms with Gasteiger partial charge in [0.1, 0.15) is 0 Å². The molecule has 0 fully saturated rings. The van der Waals surface area contributed by atoms with E-state index in [2.05, 4.69) is 36.3 Å². The Labute approximate surface area is 134 Å². The summed E-state index contributed by atoms with van der Waals surface area (Å²) in [6, 6.07) is 9.68. The van der Waals surface area contributed by atoms with E-state index in [1.807, 2.05) is 13.0 Å². The molecule has 0 aliphatic carbocycles. The summed E-state index contributed by atoms with van der Waals surface area (Å²) in [6.07, 6.45) is 1.59. The zero-order valence-corrected chi connectivity index (χ0v) is 13.8. The lowest BCUT2D eigenvalue weighted by atomic mass is 10.1. The Morgan fingerprint density at radius 1 is 1.29 bits per heavy atom. The summed E-state index contributed by atoms with van der Waals surface area (Å²) in [5.74, 6) is -0.0897. The van der Waals surface area contributed by atoms with Crippen LogP contribution >= 0.6 is 23.4 Å². The number of nitrogens with zero attached hydrogens (tertiary/aromatic N) is 1. The fourth-order valence-corrected chi connectivity index (χ4v) is 2.89. The summed E-state index contributed by atoms with van der Waals surface area (Å²) in [4.78, 5) is 17.2. The number of rotatable bonds is 4. The molecule has 2 aromatic rings. The van der Waals surface area contributed by atoms with Crippen molar-refractivity contribution in [2.75, 3.05) is 5.32 Å². The first kappa shape index (κ1) is 15.9. The van der Waals surface area contributed by atoms with E-state index in [1.165, 1.54) is 22.9 Å². The average molecular weight is 321 g/mol. The van der Waals surface area contributed by atoms with Crippen LogP contribution in [0, 0.1) is 13.8 Å². The fraction of sp³-hybridized carbons (Fsp3) is 0.250. The van der Waals surface area contributed by atoms with Crippen molar-refractivity contribution in [3.05, 3.63) is 52.8 Å². The molecule has 2 rings (SSSR count). The number of aromatic nitrogens is 1. The van der Waals surface area contributed by atoms with Crippen LogP contribution in [0.1, 0.15) is 18.1 Å². The van der Waals surface area contributed by atoms with Crippen LogP contribution in [-0.4, -0.2) is 16.1 Å². The Balaban J connectivity index is 2.02. The minimum atomic E-state index is -0.219. The summed E-state index contributed by atoms with van der Waals surface area (Å²) in [5, 5.41) is 2.88. The van der Waals surface area contributed by atoms with Crippen molar-refractivity contribution in [1.29, 1.82) is 0 Å². The minimum absolute atomic E-state index is 0.0897. The molecule has 5 heteroatoms. The molecular formula is C16H17ClN2OS.